The molecule has 0 unspecified atom stereocenters. The van der Waals surface area contributed by atoms with E-state index in [0.717, 1.165) is 17.7 Å². The Balaban J connectivity index is 2.35. The fourth-order valence-corrected chi connectivity index (χ4v) is 1.72. The van der Waals surface area contributed by atoms with Gasteiger partial charge in [-0.05, 0) is 18.2 Å². The SMILES string of the molecule is CN(CC=O)c1ccc2c(c1)N(C)C(=O)CO2. The van der Waals surface area contributed by atoms with Crippen LogP contribution in [0.4, 0.5) is 11.4 Å². The molecular weight excluding hydrogens is 220 g/mol. The molecule has 0 aromatic heterocycles. The van der Waals surface area contributed by atoms with Gasteiger partial charge in [0.15, 0.2) is 6.61 Å². The van der Waals surface area contributed by atoms with Crippen LogP contribution in [-0.2, 0) is 9.59 Å². The number of ether oxygens (including phenoxy) is 1. The summed E-state index contributed by atoms with van der Waals surface area (Å²) in [6.07, 6.45) is 0.838. The summed E-state index contributed by atoms with van der Waals surface area (Å²) in [5.41, 5.74) is 1.61. The zero-order chi connectivity index (χ0) is 12.4. The number of rotatable bonds is 3. The number of anilines is 2. The maximum Gasteiger partial charge on any atom is 0.264 e. The number of carbonyl (C=O) groups excluding carboxylic acids is 2. The van der Waals surface area contributed by atoms with E-state index >= 15 is 0 Å². The highest BCUT2D eigenvalue weighted by Gasteiger charge is 2.22. The van der Waals surface area contributed by atoms with E-state index in [9.17, 15) is 9.59 Å². The minimum atomic E-state index is -0.0762. The summed E-state index contributed by atoms with van der Waals surface area (Å²) in [6.45, 7) is 0.393. The van der Waals surface area contributed by atoms with Crippen molar-refractivity contribution in [1.29, 1.82) is 0 Å². The minimum Gasteiger partial charge on any atom is -0.482 e. The molecule has 1 aliphatic heterocycles. The highest BCUT2D eigenvalue weighted by atomic mass is 16.5. The molecular formula is C12H14N2O3. The second kappa shape index (κ2) is 4.45. The molecule has 0 radical (unpaired) electrons. The number of carbonyl (C=O) groups is 2. The van der Waals surface area contributed by atoms with E-state index in [2.05, 4.69) is 0 Å². The van der Waals surface area contributed by atoms with E-state index in [1.807, 2.05) is 25.2 Å². The maximum absolute atomic E-state index is 11.5. The molecule has 2 rings (SSSR count). The molecule has 1 aromatic carbocycles. The summed E-state index contributed by atoms with van der Waals surface area (Å²) in [5, 5.41) is 0. The van der Waals surface area contributed by atoms with Crippen molar-refractivity contribution < 1.29 is 14.3 Å². The lowest BCUT2D eigenvalue weighted by atomic mass is 10.2. The van der Waals surface area contributed by atoms with Gasteiger partial charge in [-0.15, -0.1) is 0 Å². The number of nitrogens with zero attached hydrogens (tertiary/aromatic N) is 2. The third-order valence-corrected chi connectivity index (χ3v) is 2.82. The van der Waals surface area contributed by atoms with Gasteiger partial charge in [0.1, 0.15) is 12.0 Å². The summed E-state index contributed by atoms with van der Waals surface area (Å²) >= 11 is 0. The number of hydrogen-bond acceptors (Lipinski definition) is 4. The fraction of sp³-hybridized carbons (Fsp3) is 0.333. The van der Waals surface area contributed by atoms with Crippen molar-refractivity contribution in [3.05, 3.63) is 18.2 Å². The Morgan fingerprint density at radius 2 is 2.29 bits per heavy atom. The van der Waals surface area contributed by atoms with Gasteiger partial charge >= 0.3 is 0 Å². The standard InChI is InChI=1S/C12H14N2O3/c1-13(5-6-15)9-3-4-11-10(7-9)14(2)12(16)8-17-11/h3-4,6-7H,5,8H2,1-2H3. The van der Waals surface area contributed by atoms with Crippen molar-refractivity contribution in [2.24, 2.45) is 0 Å². The first kappa shape index (κ1) is 11.4. The van der Waals surface area contributed by atoms with Crippen LogP contribution >= 0.6 is 0 Å². The van der Waals surface area contributed by atoms with Crippen LogP contribution in [0.25, 0.3) is 0 Å². The lowest BCUT2D eigenvalue weighted by Crippen LogP contribution is -2.35. The Hall–Kier alpha value is -2.04. The Morgan fingerprint density at radius 3 is 3.00 bits per heavy atom. The van der Waals surface area contributed by atoms with Crippen LogP contribution in [0.15, 0.2) is 18.2 Å². The van der Waals surface area contributed by atoms with Crippen LogP contribution in [0.1, 0.15) is 0 Å². The molecule has 1 amide bonds. The molecule has 0 bridgehead atoms. The topological polar surface area (TPSA) is 49.9 Å². The Labute approximate surface area is 99.6 Å². The largest absolute Gasteiger partial charge is 0.482 e. The second-order valence-electron chi connectivity index (χ2n) is 3.94. The van der Waals surface area contributed by atoms with Crippen LogP contribution in [0.5, 0.6) is 5.75 Å². The van der Waals surface area contributed by atoms with E-state index in [1.165, 1.54) is 0 Å². The van der Waals surface area contributed by atoms with Crippen LogP contribution in [0, 0.1) is 0 Å². The second-order valence-corrected chi connectivity index (χ2v) is 3.94. The van der Waals surface area contributed by atoms with Crippen molar-refractivity contribution in [1.82, 2.24) is 0 Å². The van der Waals surface area contributed by atoms with Crippen molar-refractivity contribution in [3.8, 4) is 5.75 Å². The van der Waals surface area contributed by atoms with Gasteiger partial charge in [0.2, 0.25) is 0 Å². The molecule has 1 aliphatic rings. The number of benzene rings is 1. The number of hydrogen-bond donors (Lipinski definition) is 0. The monoisotopic (exact) mass is 234 g/mol. The smallest absolute Gasteiger partial charge is 0.264 e. The average Bonchev–Trinajstić information content (AvgIpc) is 2.34. The summed E-state index contributed by atoms with van der Waals surface area (Å²) in [5.74, 6) is 0.614. The Morgan fingerprint density at radius 1 is 1.53 bits per heavy atom. The average molecular weight is 234 g/mol. The van der Waals surface area contributed by atoms with Crippen LogP contribution < -0.4 is 14.5 Å². The van der Waals surface area contributed by atoms with Gasteiger partial charge in [0, 0.05) is 19.8 Å². The third-order valence-electron chi connectivity index (χ3n) is 2.82. The number of aldehydes is 1. The molecule has 0 saturated heterocycles. The van der Waals surface area contributed by atoms with Crippen molar-refractivity contribution >= 4 is 23.6 Å². The van der Waals surface area contributed by atoms with Gasteiger partial charge < -0.3 is 19.3 Å². The van der Waals surface area contributed by atoms with E-state index in [1.54, 1.807) is 16.8 Å². The molecule has 0 saturated carbocycles. The van der Waals surface area contributed by atoms with E-state index < -0.39 is 0 Å². The molecule has 0 aliphatic carbocycles. The molecule has 0 atom stereocenters. The van der Waals surface area contributed by atoms with E-state index in [4.69, 9.17) is 4.74 Å². The van der Waals surface area contributed by atoms with Gasteiger partial charge in [-0.3, -0.25) is 4.79 Å². The quantitative estimate of drug-likeness (QED) is 0.721. The van der Waals surface area contributed by atoms with Gasteiger partial charge in [0.05, 0.1) is 12.2 Å². The molecule has 5 nitrogen and oxygen atoms in total. The van der Waals surface area contributed by atoms with Gasteiger partial charge in [-0.1, -0.05) is 0 Å². The molecule has 5 heteroatoms. The molecule has 90 valence electrons. The first-order valence-corrected chi connectivity index (χ1v) is 5.31. The fourth-order valence-electron chi connectivity index (χ4n) is 1.72. The maximum atomic E-state index is 11.5. The minimum absolute atomic E-state index is 0.0762. The first-order valence-electron chi connectivity index (χ1n) is 5.31. The third kappa shape index (κ3) is 2.08. The van der Waals surface area contributed by atoms with E-state index in [-0.39, 0.29) is 12.5 Å². The number of amides is 1. The molecule has 17 heavy (non-hydrogen) atoms. The van der Waals surface area contributed by atoms with Crippen LogP contribution in [0.2, 0.25) is 0 Å². The first-order chi connectivity index (χ1) is 8.13. The number of likely N-dealkylation sites (N-methyl/N-ethyl adjacent to an activating group) is 2. The molecule has 1 aromatic rings. The summed E-state index contributed by atoms with van der Waals surface area (Å²) < 4.78 is 5.32. The molecule has 1 heterocycles. The van der Waals surface area contributed by atoms with Gasteiger partial charge in [-0.2, -0.15) is 0 Å². The summed E-state index contributed by atoms with van der Waals surface area (Å²) in [6, 6.07) is 5.52. The molecule has 0 fully saturated rings. The van der Waals surface area contributed by atoms with E-state index in [0.29, 0.717) is 12.3 Å². The van der Waals surface area contributed by atoms with Crippen LogP contribution in [0.3, 0.4) is 0 Å². The zero-order valence-corrected chi connectivity index (χ0v) is 9.84. The predicted octanol–water partition coefficient (Wildman–Crippen LogP) is 0.677. The Kier molecular flexibility index (Phi) is 2.99. The Bertz CT molecular complexity index is 459. The predicted molar refractivity (Wildman–Crippen MR) is 64.7 cm³/mol. The summed E-state index contributed by atoms with van der Waals surface area (Å²) in [4.78, 5) is 25.3. The normalized spacial score (nSPS) is 14.0. The van der Waals surface area contributed by atoms with Gasteiger partial charge in [0.25, 0.3) is 5.91 Å². The highest BCUT2D eigenvalue weighted by Crippen LogP contribution is 2.34. The van der Waals surface area contributed by atoms with Crippen LogP contribution in [-0.4, -0.2) is 39.4 Å². The molecule has 0 N–H and O–H groups in total. The van der Waals surface area contributed by atoms with Crippen molar-refractivity contribution in [3.63, 3.8) is 0 Å². The zero-order valence-electron chi connectivity index (χ0n) is 9.84. The highest BCUT2D eigenvalue weighted by molar-refractivity contribution is 5.97. The number of fused-ring (bicyclic) bond motifs is 1. The van der Waals surface area contributed by atoms with Gasteiger partial charge in [-0.25, -0.2) is 0 Å². The van der Waals surface area contributed by atoms with Crippen molar-refractivity contribution in [2.75, 3.05) is 37.0 Å². The summed E-state index contributed by atoms with van der Waals surface area (Å²) in [7, 11) is 3.54. The molecule has 0 spiro atoms. The van der Waals surface area contributed by atoms with Crippen molar-refractivity contribution in [2.45, 2.75) is 0 Å². The lowest BCUT2D eigenvalue weighted by molar-refractivity contribution is -0.121. The lowest BCUT2D eigenvalue weighted by Gasteiger charge is -2.27.